The van der Waals surface area contributed by atoms with Crippen molar-refractivity contribution in [3.63, 3.8) is 0 Å². The number of halogens is 1. The molecule has 6 heteroatoms. The van der Waals surface area contributed by atoms with Gasteiger partial charge >= 0.3 is 0 Å². The van der Waals surface area contributed by atoms with Crippen molar-refractivity contribution >= 4 is 38.3 Å². The number of fused-ring (bicyclic) bond motifs is 1. The van der Waals surface area contributed by atoms with E-state index in [0.717, 1.165) is 16.5 Å². The van der Waals surface area contributed by atoms with E-state index in [4.69, 9.17) is 16.3 Å². The maximum absolute atomic E-state index is 12.7. The second-order valence-corrected chi connectivity index (χ2v) is 7.90. The minimum atomic E-state index is -3.91. The van der Waals surface area contributed by atoms with Crippen molar-refractivity contribution in [1.82, 2.24) is 0 Å². The SMILES string of the molecule is COc1ccc2cc(/C=C(\C#N)S(=O)(=O)c3ccc(Cl)cc3)ccc2c1. The Morgan fingerprint density at radius 1 is 1.04 bits per heavy atom. The number of hydrogen-bond donors (Lipinski definition) is 0. The Morgan fingerprint density at radius 2 is 1.69 bits per heavy atom. The Kier molecular flexibility index (Phi) is 4.99. The summed E-state index contributed by atoms with van der Waals surface area (Å²) in [5, 5.41) is 11.7. The summed E-state index contributed by atoms with van der Waals surface area (Å²) < 4.78 is 30.5. The van der Waals surface area contributed by atoms with E-state index in [9.17, 15) is 13.7 Å². The number of hydrogen-bond acceptors (Lipinski definition) is 4. The van der Waals surface area contributed by atoms with Crippen molar-refractivity contribution in [3.05, 3.63) is 76.2 Å². The van der Waals surface area contributed by atoms with Crippen LogP contribution in [-0.2, 0) is 9.84 Å². The molecule has 0 unspecified atom stereocenters. The number of nitriles is 1. The van der Waals surface area contributed by atoms with Gasteiger partial charge in [-0.25, -0.2) is 8.42 Å². The van der Waals surface area contributed by atoms with Gasteiger partial charge in [0.2, 0.25) is 9.84 Å². The van der Waals surface area contributed by atoms with Gasteiger partial charge in [0.05, 0.1) is 12.0 Å². The third-order valence-electron chi connectivity index (χ3n) is 3.89. The summed E-state index contributed by atoms with van der Waals surface area (Å²) in [4.78, 5) is -0.298. The third-order valence-corrected chi connectivity index (χ3v) is 5.83. The zero-order valence-corrected chi connectivity index (χ0v) is 15.4. The molecule has 0 aromatic heterocycles. The summed E-state index contributed by atoms with van der Waals surface area (Å²) in [6, 6.07) is 18.5. The molecule has 0 spiro atoms. The molecule has 0 heterocycles. The highest BCUT2D eigenvalue weighted by molar-refractivity contribution is 7.95. The van der Waals surface area contributed by atoms with Crippen LogP contribution in [0.4, 0.5) is 0 Å². The van der Waals surface area contributed by atoms with Crippen molar-refractivity contribution in [2.75, 3.05) is 7.11 Å². The first-order valence-corrected chi connectivity index (χ1v) is 9.50. The molecule has 4 nitrogen and oxygen atoms in total. The van der Waals surface area contributed by atoms with Crippen LogP contribution in [0.3, 0.4) is 0 Å². The molecule has 3 aromatic rings. The lowest BCUT2D eigenvalue weighted by Crippen LogP contribution is -2.03. The van der Waals surface area contributed by atoms with Crippen LogP contribution in [0.5, 0.6) is 5.75 Å². The van der Waals surface area contributed by atoms with Crippen LogP contribution in [0.25, 0.3) is 16.8 Å². The molecule has 3 rings (SSSR count). The van der Waals surface area contributed by atoms with Gasteiger partial charge in [0.15, 0.2) is 0 Å². The normalized spacial score (nSPS) is 12.0. The van der Waals surface area contributed by atoms with Gasteiger partial charge in [0, 0.05) is 5.02 Å². The molecule has 3 aromatic carbocycles. The maximum Gasteiger partial charge on any atom is 0.216 e. The smallest absolute Gasteiger partial charge is 0.216 e. The fourth-order valence-corrected chi connectivity index (χ4v) is 3.81. The molecule has 0 radical (unpaired) electrons. The second kappa shape index (κ2) is 7.20. The molecule has 0 N–H and O–H groups in total. The highest BCUT2D eigenvalue weighted by atomic mass is 35.5. The molecule has 26 heavy (non-hydrogen) atoms. The van der Waals surface area contributed by atoms with Crippen molar-refractivity contribution in [1.29, 1.82) is 5.26 Å². The molecule has 0 aliphatic rings. The van der Waals surface area contributed by atoms with Gasteiger partial charge in [-0.2, -0.15) is 5.26 Å². The van der Waals surface area contributed by atoms with Gasteiger partial charge in [-0.3, -0.25) is 0 Å². The van der Waals surface area contributed by atoms with Crippen LogP contribution in [0.2, 0.25) is 5.02 Å². The Bertz CT molecular complexity index is 1140. The lowest BCUT2D eigenvalue weighted by Gasteiger charge is -2.05. The van der Waals surface area contributed by atoms with Crippen molar-refractivity contribution in [2.45, 2.75) is 4.90 Å². The van der Waals surface area contributed by atoms with E-state index in [-0.39, 0.29) is 9.80 Å². The second-order valence-electron chi connectivity index (χ2n) is 5.55. The molecule has 0 fully saturated rings. The average molecular weight is 384 g/mol. The summed E-state index contributed by atoms with van der Waals surface area (Å²) in [5.74, 6) is 0.740. The number of ether oxygens (including phenoxy) is 1. The first-order valence-electron chi connectivity index (χ1n) is 7.64. The molecule has 0 amide bonds. The molecule has 0 saturated heterocycles. The summed E-state index contributed by atoms with van der Waals surface area (Å²) in [7, 11) is -2.31. The number of rotatable bonds is 4. The van der Waals surface area contributed by atoms with Crippen LogP contribution in [0, 0.1) is 11.3 Å². The highest BCUT2D eigenvalue weighted by Crippen LogP contribution is 2.26. The van der Waals surface area contributed by atoms with E-state index in [0.29, 0.717) is 10.6 Å². The van der Waals surface area contributed by atoms with E-state index >= 15 is 0 Å². The average Bonchev–Trinajstić information content (AvgIpc) is 2.65. The zero-order valence-electron chi connectivity index (χ0n) is 13.8. The van der Waals surface area contributed by atoms with Gasteiger partial charge in [0.25, 0.3) is 0 Å². The number of nitrogens with zero attached hydrogens (tertiary/aromatic N) is 1. The van der Waals surface area contributed by atoms with E-state index in [2.05, 4.69) is 0 Å². The fourth-order valence-electron chi connectivity index (χ4n) is 2.52. The summed E-state index contributed by atoms with van der Waals surface area (Å²) in [5.41, 5.74) is 0.622. The largest absolute Gasteiger partial charge is 0.497 e. The first-order chi connectivity index (χ1) is 12.4. The van der Waals surface area contributed by atoms with Crippen LogP contribution in [0.15, 0.2) is 70.5 Å². The quantitative estimate of drug-likeness (QED) is 0.604. The summed E-state index contributed by atoms with van der Waals surface area (Å²) in [6.45, 7) is 0. The lowest BCUT2D eigenvalue weighted by atomic mass is 10.1. The molecule has 0 aliphatic heterocycles. The third kappa shape index (κ3) is 3.57. The molecule has 130 valence electrons. The molecular formula is C20H14ClNO3S. The maximum atomic E-state index is 12.7. The standard InChI is InChI=1S/C20H14ClNO3S/c1-25-18-7-4-15-10-14(2-3-16(15)12-18)11-20(13-22)26(23,24)19-8-5-17(21)6-9-19/h2-12H,1H3/b20-11+. The minimum absolute atomic E-state index is 0.0280. The zero-order chi connectivity index (χ0) is 18.7. The van der Waals surface area contributed by atoms with Gasteiger partial charge in [-0.1, -0.05) is 29.8 Å². The van der Waals surface area contributed by atoms with E-state index in [1.54, 1.807) is 19.2 Å². The molecule has 0 bridgehead atoms. The summed E-state index contributed by atoms with van der Waals surface area (Å²) in [6.07, 6.45) is 1.37. The summed E-state index contributed by atoms with van der Waals surface area (Å²) >= 11 is 5.80. The molecule has 0 atom stereocenters. The fraction of sp³-hybridized carbons (Fsp3) is 0.0500. The first kappa shape index (κ1) is 18.0. The predicted octanol–water partition coefficient (Wildman–Crippen LogP) is 4.84. The van der Waals surface area contributed by atoms with E-state index in [1.165, 1.54) is 30.3 Å². The van der Waals surface area contributed by atoms with Gasteiger partial charge in [0.1, 0.15) is 16.7 Å². The Labute approximate surface area is 156 Å². The molecule has 0 aliphatic carbocycles. The number of methoxy groups -OCH3 is 1. The van der Waals surface area contributed by atoms with Crippen LogP contribution in [-0.4, -0.2) is 15.5 Å². The van der Waals surface area contributed by atoms with E-state index in [1.807, 2.05) is 30.3 Å². The van der Waals surface area contributed by atoms with Gasteiger partial charge in [-0.05, 0) is 64.9 Å². The van der Waals surface area contributed by atoms with Gasteiger partial charge in [-0.15, -0.1) is 0 Å². The van der Waals surface area contributed by atoms with Crippen molar-refractivity contribution in [3.8, 4) is 11.8 Å². The minimum Gasteiger partial charge on any atom is -0.497 e. The molecule has 0 saturated carbocycles. The molecular weight excluding hydrogens is 370 g/mol. The van der Waals surface area contributed by atoms with Gasteiger partial charge < -0.3 is 4.74 Å². The predicted molar refractivity (Wildman–Crippen MR) is 103 cm³/mol. The Morgan fingerprint density at radius 3 is 2.35 bits per heavy atom. The number of sulfone groups is 1. The van der Waals surface area contributed by atoms with E-state index < -0.39 is 9.84 Å². The van der Waals surface area contributed by atoms with Crippen molar-refractivity contribution < 1.29 is 13.2 Å². The number of allylic oxidation sites excluding steroid dienone is 1. The topological polar surface area (TPSA) is 67.2 Å². The Balaban J connectivity index is 2.05. The highest BCUT2D eigenvalue weighted by Gasteiger charge is 2.20. The van der Waals surface area contributed by atoms with Crippen LogP contribution in [0.1, 0.15) is 5.56 Å². The number of benzene rings is 3. The Hall–Kier alpha value is -2.81. The van der Waals surface area contributed by atoms with Crippen LogP contribution >= 0.6 is 11.6 Å². The van der Waals surface area contributed by atoms with Crippen LogP contribution < -0.4 is 4.74 Å². The van der Waals surface area contributed by atoms with Crippen molar-refractivity contribution in [2.24, 2.45) is 0 Å². The lowest BCUT2D eigenvalue weighted by molar-refractivity contribution is 0.415. The monoisotopic (exact) mass is 383 g/mol.